The van der Waals surface area contributed by atoms with E-state index in [2.05, 4.69) is 49.9 Å². The highest BCUT2D eigenvalue weighted by atomic mass is 19.1. The van der Waals surface area contributed by atoms with E-state index in [1.54, 1.807) is 18.2 Å². The molecule has 0 unspecified atom stereocenters. The van der Waals surface area contributed by atoms with E-state index in [1.807, 2.05) is 56.0 Å². The number of amides is 1. The number of benzene rings is 4. The molecule has 9 nitrogen and oxygen atoms in total. The minimum absolute atomic E-state index is 0.0235. The van der Waals surface area contributed by atoms with Crippen LogP contribution in [0.2, 0.25) is 0 Å². The lowest BCUT2D eigenvalue weighted by Gasteiger charge is -2.60. The molecule has 3 aliphatic rings. The number of halogens is 1. The molecule has 0 aromatic heterocycles. The van der Waals surface area contributed by atoms with Crippen LogP contribution >= 0.6 is 0 Å². The van der Waals surface area contributed by atoms with Crippen molar-refractivity contribution in [1.29, 1.82) is 0 Å². The molecule has 6 atom stereocenters. The number of hydrogen-bond donors (Lipinski definition) is 2. The zero-order chi connectivity index (χ0) is 49.5. The monoisotopic (exact) mass is 959 g/mol. The Morgan fingerprint density at radius 3 is 2.21 bits per heavy atom. The molecule has 2 aliphatic carbocycles. The summed E-state index contributed by atoms with van der Waals surface area (Å²) >= 11 is 0. The number of carbonyl (C=O) groups excluding carboxylic acids is 1. The van der Waals surface area contributed by atoms with Crippen LogP contribution in [0.5, 0.6) is 17.2 Å². The van der Waals surface area contributed by atoms with Crippen molar-refractivity contribution < 1.29 is 38.4 Å². The number of fused-ring (bicyclic) bond motifs is 3. The Hall–Kier alpha value is -5.03. The second-order valence-electron chi connectivity index (χ2n) is 20.8. The van der Waals surface area contributed by atoms with Gasteiger partial charge in [-0.2, -0.15) is 0 Å². The summed E-state index contributed by atoms with van der Waals surface area (Å²) < 4.78 is 36.0. The topological polar surface area (TPSA) is 110 Å². The summed E-state index contributed by atoms with van der Waals surface area (Å²) in [6, 6.07) is 26.1. The molecule has 4 aromatic carbocycles. The van der Waals surface area contributed by atoms with Gasteiger partial charge in [0.15, 0.2) is 0 Å². The molecule has 1 aliphatic heterocycles. The van der Waals surface area contributed by atoms with E-state index in [1.165, 1.54) is 44.2 Å². The van der Waals surface area contributed by atoms with Gasteiger partial charge in [0, 0.05) is 44.1 Å². The quantitative estimate of drug-likeness (QED) is 0.0348. The summed E-state index contributed by atoms with van der Waals surface area (Å²) in [6.45, 7) is 12.9. The average molecular weight is 959 g/mol. The second kappa shape index (κ2) is 25.4. The van der Waals surface area contributed by atoms with Gasteiger partial charge in [0.2, 0.25) is 11.7 Å². The van der Waals surface area contributed by atoms with Crippen LogP contribution in [0.3, 0.4) is 0 Å². The van der Waals surface area contributed by atoms with E-state index < -0.39 is 23.3 Å². The molecule has 1 amide bonds. The fourth-order valence-corrected chi connectivity index (χ4v) is 11.2. The molecule has 378 valence electrons. The van der Waals surface area contributed by atoms with Crippen molar-refractivity contribution in [3.63, 3.8) is 0 Å². The average Bonchev–Trinajstić information content (AvgIpc) is 3.35. The Morgan fingerprint density at radius 2 is 1.51 bits per heavy atom. The van der Waals surface area contributed by atoms with Crippen molar-refractivity contribution in [2.45, 2.75) is 167 Å². The standard InChI is InChI=1S/C60H79FN2O7/c1-6-8-9-10-11-12-13-14-15-26-56(66)63(42-43-27-30-47(61)31-28-43)55-41-53(62-70-59(3,4)5)51-39-46(24-18-20-35-64)50(25-19-21-36-65)57-52-40-49(68-48-32-29-44-22-16-17-23-45(44)38-48)33-34-54(52)69-60(55,58(51)57)67-37-7-2/h7,16-17,22-23,27-34,38-40,46,50,55,57-58,64-65H,2,6,8-15,18-21,24-26,35-37,41-42H2,1,3-5H3/t46-,50+,55-,57+,58+,60+/m0/s1. The smallest absolute Gasteiger partial charge is 0.239 e. The minimum atomic E-state index is -1.42. The Morgan fingerprint density at radius 1 is 0.843 bits per heavy atom. The number of aliphatic hydroxyl groups is 2. The lowest BCUT2D eigenvalue weighted by molar-refractivity contribution is -0.258. The van der Waals surface area contributed by atoms with Gasteiger partial charge in [-0.3, -0.25) is 4.79 Å². The summed E-state index contributed by atoms with van der Waals surface area (Å²) in [5.74, 6) is -0.290. The van der Waals surface area contributed by atoms with Crippen LogP contribution in [0.1, 0.15) is 154 Å². The van der Waals surface area contributed by atoms with Crippen molar-refractivity contribution in [3.05, 3.63) is 126 Å². The molecule has 2 N–H and O–H groups in total. The Labute approximate surface area is 417 Å². The highest BCUT2D eigenvalue weighted by Crippen LogP contribution is 2.62. The van der Waals surface area contributed by atoms with Crippen LogP contribution in [0.25, 0.3) is 10.8 Å². The largest absolute Gasteiger partial charge is 0.459 e. The van der Waals surface area contributed by atoms with Gasteiger partial charge in [-0.1, -0.05) is 131 Å². The highest BCUT2D eigenvalue weighted by Gasteiger charge is 2.65. The Bertz CT molecular complexity index is 2370. The lowest BCUT2D eigenvalue weighted by atomic mass is 9.55. The Kier molecular flexibility index (Phi) is 19.1. The fourth-order valence-electron chi connectivity index (χ4n) is 11.2. The number of unbranched alkanes of at least 4 members (excludes halogenated alkanes) is 10. The zero-order valence-electron chi connectivity index (χ0n) is 42.4. The molecule has 0 spiro atoms. The van der Waals surface area contributed by atoms with Gasteiger partial charge in [0.05, 0.1) is 18.2 Å². The summed E-state index contributed by atoms with van der Waals surface area (Å²) in [5, 5.41) is 27.4. The van der Waals surface area contributed by atoms with E-state index >= 15 is 4.79 Å². The lowest BCUT2D eigenvalue weighted by Crippen LogP contribution is -2.70. The summed E-state index contributed by atoms with van der Waals surface area (Å²) in [5.41, 5.74) is 2.88. The third-order valence-corrected chi connectivity index (χ3v) is 14.5. The van der Waals surface area contributed by atoms with E-state index in [-0.39, 0.29) is 62.3 Å². The van der Waals surface area contributed by atoms with Gasteiger partial charge in [-0.05, 0) is 129 Å². The first-order valence-electron chi connectivity index (χ1n) is 26.5. The number of ether oxygens (including phenoxy) is 3. The van der Waals surface area contributed by atoms with Gasteiger partial charge in [0.1, 0.15) is 34.7 Å². The molecule has 0 saturated heterocycles. The third-order valence-electron chi connectivity index (χ3n) is 14.5. The van der Waals surface area contributed by atoms with Gasteiger partial charge in [-0.15, -0.1) is 6.58 Å². The van der Waals surface area contributed by atoms with E-state index in [0.29, 0.717) is 30.8 Å². The van der Waals surface area contributed by atoms with Gasteiger partial charge >= 0.3 is 0 Å². The number of aliphatic hydroxyl groups excluding tert-OH is 2. The van der Waals surface area contributed by atoms with Gasteiger partial charge < -0.3 is 34.2 Å². The molecule has 4 aromatic rings. The maximum absolute atomic E-state index is 15.2. The highest BCUT2D eigenvalue weighted by molar-refractivity contribution is 6.03. The van der Waals surface area contributed by atoms with Crippen LogP contribution in [0.4, 0.5) is 4.39 Å². The first-order valence-corrected chi connectivity index (χ1v) is 26.5. The number of allylic oxidation sites excluding steroid dienone is 1. The molecule has 7 rings (SSSR count). The van der Waals surface area contributed by atoms with Crippen LogP contribution in [0, 0.1) is 23.6 Å². The van der Waals surface area contributed by atoms with Crippen molar-refractivity contribution in [3.8, 4) is 17.2 Å². The molecule has 0 radical (unpaired) electrons. The number of nitrogens with zero attached hydrogens (tertiary/aromatic N) is 2. The molecule has 1 saturated carbocycles. The van der Waals surface area contributed by atoms with Gasteiger partial charge in [-0.25, -0.2) is 4.39 Å². The number of rotatable bonds is 27. The van der Waals surface area contributed by atoms with Crippen molar-refractivity contribution in [1.82, 2.24) is 4.90 Å². The molecular formula is C60H79FN2O7. The van der Waals surface area contributed by atoms with Crippen molar-refractivity contribution in [2.24, 2.45) is 22.9 Å². The molecule has 70 heavy (non-hydrogen) atoms. The first kappa shape index (κ1) is 52.8. The Balaban J connectivity index is 1.38. The fraction of sp³-hybridized carbons (Fsp3) is 0.533. The number of oxime groups is 1. The van der Waals surface area contributed by atoms with Crippen molar-refractivity contribution >= 4 is 22.4 Å². The summed E-state index contributed by atoms with van der Waals surface area (Å²) in [7, 11) is 0. The van der Waals surface area contributed by atoms with Crippen molar-refractivity contribution in [2.75, 3.05) is 19.8 Å². The maximum atomic E-state index is 15.2. The third kappa shape index (κ3) is 13.3. The normalized spacial score (nSPS) is 22.2. The molecule has 1 fully saturated rings. The van der Waals surface area contributed by atoms with Gasteiger partial charge in [0.25, 0.3) is 0 Å². The van der Waals surface area contributed by atoms with Crippen LogP contribution in [-0.4, -0.2) is 64.0 Å². The molecule has 1 heterocycles. The minimum Gasteiger partial charge on any atom is -0.459 e. The molecule has 10 heteroatoms. The van der Waals surface area contributed by atoms with E-state index in [0.717, 1.165) is 90.3 Å². The number of hydrogen-bond acceptors (Lipinski definition) is 8. The summed E-state index contributed by atoms with van der Waals surface area (Å²) in [4.78, 5) is 23.5. The first-order chi connectivity index (χ1) is 34.0. The predicted molar refractivity (Wildman–Crippen MR) is 279 cm³/mol. The molecule has 0 bridgehead atoms. The van der Waals surface area contributed by atoms with Crippen LogP contribution in [0.15, 0.2) is 114 Å². The number of carbonyl (C=O) groups is 1. The second-order valence-corrected chi connectivity index (χ2v) is 20.8. The predicted octanol–water partition coefficient (Wildman–Crippen LogP) is 14.2. The van der Waals surface area contributed by atoms with E-state index in [4.69, 9.17) is 24.2 Å². The van der Waals surface area contributed by atoms with E-state index in [9.17, 15) is 14.6 Å². The van der Waals surface area contributed by atoms with Crippen LogP contribution in [-0.2, 0) is 20.9 Å². The van der Waals surface area contributed by atoms with Crippen LogP contribution < -0.4 is 9.47 Å². The zero-order valence-corrected chi connectivity index (χ0v) is 42.4. The molecular weight excluding hydrogens is 880 g/mol. The SMILES string of the molecule is C=CCO[C@@]12Oc3ccc(Oc4ccc5ccccc5c4)cc3[C@H]3[C@H](CCCCO)[C@@H](CCCCO)C=C(C(=NOC(C)(C)C)C[C@@H]1N(Cc1ccc(F)cc1)C(=O)CCCCCCCCCCC)[C@H]32. The maximum Gasteiger partial charge on any atom is 0.239 e. The summed E-state index contributed by atoms with van der Waals surface area (Å²) in [6.07, 6.45) is 19.6.